The number of amides is 1. The summed E-state index contributed by atoms with van der Waals surface area (Å²) in [6.07, 6.45) is 5.59. The van der Waals surface area contributed by atoms with Crippen molar-refractivity contribution in [3.05, 3.63) is 80.7 Å². The van der Waals surface area contributed by atoms with Crippen molar-refractivity contribution in [2.45, 2.75) is 13.5 Å². The summed E-state index contributed by atoms with van der Waals surface area (Å²) < 4.78 is 1.46. The number of anilines is 1. The lowest BCUT2D eigenvalue weighted by atomic mass is 10.1. The Labute approximate surface area is 149 Å². The Bertz CT molecular complexity index is 958. The second-order valence-corrected chi connectivity index (χ2v) is 6.31. The van der Waals surface area contributed by atoms with Gasteiger partial charge in [-0.2, -0.15) is 0 Å². The third kappa shape index (κ3) is 4.51. The highest BCUT2D eigenvalue weighted by Gasteiger charge is 2.08. The van der Waals surface area contributed by atoms with Crippen molar-refractivity contribution in [2.24, 2.45) is 0 Å². The van der Waals surface area contributed by atoms with Crippen LogP contribution in [0.4, 0.5) is 5.69 Å². The van der Waals surface area contributed by atoms with Crippen LogP contribution in [0.2, 0.25) is 0 Å². The summed E-state index contributed by atoms with van der Waals surface area (Å²) in [6.45, 7) is 1.83. The first-order chi connectivity index (χ1) is 12.1. The van der Waals surface area contributed by atoms with Crippen molar-refractivity contribution in [3.8, 4) is 0 Å². The molecule has 2 aromatic heterocycles. The topological polar surface area (TPSA) is 64.0 Å². The predicted octanol–water partition coefficient (Wildman–Crippen LogP) is 3.42. The Morgan fingerprint density at radius 3 is 2.84 bits per heavy atom. The van der Waals surface area contributed by atoms with Gasteiger partial charge in [-0.3, -0.25) is 19.1 Å². The lowest BCUT2D eigenvalue weighted by molar-refractivity contribution is -0.116. The number of carbonyl (C=O) groups excluding carboxylic acids is 1. The number of nitrogens with zero attached hydrogens (tertiary/aromatic N) is 2. The molecule has 0 unspecified atom stereocenters. The van der Waals surface area contributed by atoms with Crippen LogP contribution in [0.5, 0.6) is 0 Å². The highest BCUT2D eigenvalue weighted by atomic mass is 32.1. The lowest BCUT2D eigenvalue weighted by Crippen LogP contribution is -2.25. The lowest BCUT2D eigenvalue weighted by Gasteiger charge is -2.07. The summed E-state index contributed by atoms with van der Waals surface area (Å²) >= 11 is 1.10. The van der Waals surface area contributed by atoms with E-state index in [1.165, 1.54) is 4.57 Å². The molecule has 0 radical (unpaired) electrons. The van der Waals surface area contributed by atoms with Crippen molar-refractivity contribution in [1.82, 2.24) is 9.55 Å². The van der Waals surface area contributed by atoms with Crippen molar-refractivity contribution in [3.63, 3.8) is 0 Å². The fourth-order valence-electron chi connectivity index (χ4n) is 2.32. The van der Waals surface area contributed by atoms with Gasteiger partial charge in [-0.25, -0.2) is 0 Å². The summed E-state index contributed by atoms with van der Waals surface area (Å²) in [4.78, 5) is 28.0. The summed E-state index contributed by atoms with van der Waals surface area (Å²) in [7, 11) is 0. The molecule has 3 aromatic rings. The average Bonchev–Trinajstić information content (AvgIpc) is 2.93. The number of thiazole rings is 1. The maximum atomic E-state index is 12.2. The van der Waals surface area contributed by atoms with Crippen LogP contribution in [-0.4, -0.2) is 15.5 Å². The highest BCUT2D eigenvalue weighted by Crippen LogP contribution is 2.13. The largest absolute Gasteiger partial charge is 0.325 e. The quantitative estimate of drug-likeness (QED) is 0.766. The van der Waals surface area contributed by atoms with Gasteiger partial charge < -0.3 is 5.32 Å². The maximum absolute atomic E-state index is 12.2. The molecule has 0 saturated carbocycles. The molecule has 0 saturated heterocycles. The molecule has 0 fully saturated rings. The molecule has 25 heavy (non-hydrogen) atoms. The summed E-state index contributed by atoms with van der Waals surface area (Å²) in [5, 5.41) is 4.58. The van der Waals surface area contributed by atoms with Gasteiger partial charge in [-0.1, -0.05) is 35.6 Å². The Morgan fingerprint density at radius 2 is 2.12 bits per heavy atom. The van der Waals surface area contributed by atoms with Gasteiger partial charge in [0.25, 0.3) is 0 Å². The summed E-state index contributed by atoms with van der Waals surface area (Å²) in [6, 6.07) is 13.2. The Kier molecular flexibility index (Phi) is 5.20. The van der Waals surface area contributed by atoms with E-state index in [9.17, 15) is 9.59 Å². The van der Waals surface area contributed by atoms with Crippen molar-refractivity contribution in [2.75, 3.05) is 5.32 Å². The molecule has 0 aliphatic heterocycles. The zero-order valence-corrected chi connectivity index (χ0v) is 14.5. The SMILES string of the molecule is Cc1csc(=O)n1CC(=O)Nc1cccc(C=Cc2ccccn2)c1. The Morgan fingerprint density at radius 1 is 1.24 bits per heavy atom. The molecule has 0 atom stereocenters. The number of carbonyl (C=O) groups is 1. The zero-order chi connectivity index (χ0) is 17.6. The molecule has 3 rings (SSSR count). The number of benzene rings is 1. The van der Waals surface area contributed by atoms with E-state index in [4.69, 9.17) is 0 Å². The summed E-state index contributed by atoms with van der Waals surface area (Å²) in [5.41, 5.74) is 3.29. The van der Waals surface area contributed by atoms with E-state index >= 15 is 0 Å². The zero-order valence-electron chi connectivity index (χ0n) is 13.7. The monoisotopic (exact) mass is 351 g/mol. The molecular weight excluding hydrogens is 334 g/mol. The van der Waals surface area contributed by atoms with Gasteiger partial charge >= 0.3 is 4.87 Å². The van der Waals surface area contributed by atoms with Gasteiger partial charge in [0.15, 0.2) is 0 Å². The highest BCUT2D eigenvalue weighted by molar-refractivity contribution is 7.07. The minimum Gasteiger partial charge on any atom is -0.325 e. The average molecular weight is 351 g/mol. The number of hydrogen-bond donors (Lipinski definition) is 1. The standard InChI is InChI=1S/C19H17N3O2S/c1-14-13-25-19(24)22(14)12-18(23)21-17-7-4-5-15(11-17)8-9-16-6-2-3-10-20-16/h2-11,13H,12H2,1H3,(H,21,23). The second-order valence-electron chi connectivity index (χ2n) is 5.49. The van der Waals surface area contributed by atoms with Crippen LogP contribution in [-0.2, 0) is 11.3 Å². The van der Waals surface area contributed by atoms with Crippen molar-refractivity contribution < 1.29 is 4.79 Å². The minimum absolute atomic E-state index is 0.0160. The van der Waals surface area contributed by atoms with E-state index in [0.717, 1.165) is 28.3 Å². The van der Waals surface area contributed by atoms with E-state index in [1.807, 2.05) is 61.5 Å². The van der Waals surface area contributed by atoms with Crippen LogP contribution in [0.15, 0.2) is 58.8 Å². The molecule has 5 nitrogen and oxygen atoms in total. The molecule has 2 heterocycles. The van der Waals surface area contributed by atoms with E-state index in [0.29, 0.717) is 5.69 Å². The maximum Gasteiger partial charge on any atom is 0.307 e. The van der Waals surface area contributed by atoms with Crippen LogP contribution in [0.1, 0.15) is 17.0 Å². The van der Waals surface area contributed by atoms with Gasteiger partial charge in [0.1, 0.15) is 6.54 Å². The van der Waals surface area contributed by atoms with Gasteiger partial charge in [0.05, 0.1) is 5.69 Å². The first-order valence-electron chi connectivity index (χ1n) is 7.76. The Balaban J connectivity index is 1.68. The molecule has 0 bridgehead atoms. The Hall–Kier alpha value is -2.99. The second kappa shape index (κ2) is 7.72. The third-order valence-electron chi connectivity index (χ3n) is 3.58. The van der Waals surface area contributed by atoms with E-state index in [-0.39, 0.29) is 17.3 Å². The molecule has 1 aromatic carbocycles. The fourth-order valence-corrected chi connectivity index (χ4v) is 3.05. The summed E-state index contributed by atoms with van der Waals surface area (Å²) in [5.74, 6) is -0.227. The van der Waals surface area contributed by atoms with Gasteiger partial charge in [0, 0.05) is 23.0 Å². The number of nitrogens with one attached hydrogen (secondary N) is 1. The molecule has 1 N–H and O–H groups in total. The molecule has 0 aliphatic carbocycles. The molecule has 0 spiro atoms. The van der Waals surface area contributed by atoms with E-state index < -0.39 is 0 Å². The molecule has 126 valence electrons. The number of pyridine rings is 1. The van der Waals surface area contributed by atoms with Crippen LogP contribution >= 0.6 is 11.3 Å². The molecule has 6 heteroatoms. The van der Waals surface area contributed by atoms with Crippen molar-refractivity contribution in [1.29, 1.82) is 0 Å². The molecule has 1 amide bonds. The molecule has 0 aliphatic rings. The predicted molar refractivity (Wildman–Crippen MR) is 102 cm³/mol. The minimum atomic E-state index is -0.227. The number of rotatable bonds is 5. The van der Waals surface area contributed by atoms with Gasteiger partial charge in [-0.15, -0.1) is 0 Å². The van der Waals surface area contributed by atoms with Crippen LogP contribution in [0.3, 0.4) is 0 Å². The number of hydrogen-bond acceptors (Lipinski definition) is 4. The van der Waals surface area contributed by atoms with Crippen LogP contribution in [0, 0.1) is 6.92 Å². The first-order valence-corrected chi connectivity index (χ1v) is 8.64. The normalized spacial score (nSPS) is 10.9. The third-order valence-corrected chi connectivity index (χ3v) is 4.46. The number of aromatic nitrogens is 2. The van der Waals surface area contributed by atoms with Gasteiger partial charge in [0.2, 0.25) is 5.91 Å². The van der Waals surface area contributed by atoms with Crippen LogP contribution < -0.4 is 10.2 Å². The van der Waals surface area contributed by atoms with Crippen molar-refractivity contribution >= 4 is 35.1 Å². The smallest absolute Gasteiger partial charge is 0.307 e. The van der Waals surface area contributed by atoms with Gasteiger partial charge in [-0.05, 0) is 42.8 Å². The van der Waals surface area contributed by atoms with E-state index in [2.05, 4.69) is 10.3 Å². The molecular formula is C19H17N3O2S. The van der Waals surface area contributed by atoms with Crippen LogP contribution in [0.25, 0.3) is 12.2 Å². The fraction of sp³-hybridized carbons (Fsp3) is 0.105. The van der Waals surface area contributed by atoms with E-state index in [1.54, 1.807) is 11.6 Å². The number of aryl methyl sites for hydroxylation is 1. The first kappa shape index (κ1) is 16.9.